The van der Waals surface area contributed by atoms with Crippen molar-refractivity contribution >= 4 is 17.7 Å². The largest absolute Gasteiger partial charge is 0.415 e. The van der Waals surface area contributed by atoms with Crippen LogP contribution in [0, 0.1) is 35.0 Å². The van der Waals surface area contributed by atoms with Crippen LogP contribution in [-0.2, 0) is 10.2 Å². The maximum atomic E-state index is 12.6. The molecule has 0 unspecified atom stereocenters. The molecule has 4 aliphatic rings. The van der Waals surface area contributed by atoms with Gasteiger partial charge in [0.15, 0.2) is 0 Å². The fourth-order valence-corrected chi connectivity index (χ4v) is 6.39. The first-order chi connectivity index (χ1) is 13.2. The first kappa shape index (κ1) is 19.8. The summed E-state index contributed by atoms with van der Waals surface area (Å²) in [6.07, 6.45) is 7.65. The highest BCUT2D eigenvalue weighted by molar-refractivity contribution is 8.00. The van der Waals surface area contributed by atoms with Gasteiger partial charge in [-0.2, -0.15) is 5.26 Å². The van der Waals surface area contributed by atoms with E-state index in [4.69, 9.17) is 4.42 Å². The highest BCUT2D eigenvalue weighted by Crippen LogP contribution is 2.60. The molecular weight excluding hydrogens is 372 g/mol. The van der Waals surface area contributed by atoms with Gasteiger partial charge in [0.05, 0.1) is 11.3 Å². The van der Waals surface area contributed by atoms with Crippen LogP contribution in [0.2, 0.25) is 0 Å². The second-order valence-electron chi connectivity index (χ2n) is 9.79. The van der Waals surface area contributed by atoms with Gasteiger partial charge in [0.2, 0.25) is 11.8 Å². The average molecular weight is 403 g/mol. The van der Waals surface area contributed by atoms with Crippen molar-refractivity contribution in [1.82, 2.24) is 15.5 Å². The molecule has 4 saturated carbocycles. The molecule has 1 amide bonds. The normalized spacial score (nSPS) is 34.1. The Labute approximate surface area is 171 Å². The second-order valence-corrected chi connectivity index (χ2v) is 11.1. The zero-order valence-electron chi connectivity index (χ0n) is 17.2. The summed E-state index contributed by atoms with van der Waals surface area (Å²) in [6, 6.07) is 2.21. The SMILES string of the molecule is CC(C)[C@](C)(C#N)NC(=O)[C@@H](C)Sc1nnc(C23CC4CC(CC(C4)C2)C3)o1. The predicted molar refractivity (Wildman–Crippen MR) is 106 cm³/mol. The van der Waals surface area contributed by atoms with Gasteiger partial charge in [-0.1, -0.05) is 25.6 Å². The first-order valence-electron chi connectivity index (χ1n) is 10.5. The van der Waals surface area contributed by atoms with Gasteiger partial charge in [-0.15, -0.1) is 10.2 Å². The molecule has 2 atom stereocenters. The number of amides is 1. The van der Waals surface area contributed by atoms with Crippen molar-refractivity contribution in [3.63, 3.8) is 0 Å². The lowest BCUT2D eigenvalue weighted by Gasteiger charge is -2.55. The van der Waals surface area contributed by atoms with Crippen molar-refractivity contribution in [2.75, 3.05) is 0 Å². The van der Waals surface area contributed by atoms with E-state index in [2.05, 4.69) is 21.6 Å². The number of thioether (sulfide) groups is 1. The fraction of sp³-hybridized carbons (Fsp3) is 0.810. The number of hydrogen-bond acceptors (Lipinski definition) is 6. The van der Waals surface area contributed by atoms with E-state index in [9.17, 15) is 10.1 Å². The molecule has 4 fully saturated rings. The van der Waals surface area contributed by atoms with E-state index in [1.807, 2.05) is 20.8 Å². The monoisotopic (exact) mass is 402 g/mol. The van der Waals surface area contributed by atoms with Crippen LogP contribution in [0.15, 0.2) is 9.64 Å². The number of carbonyl (C=O) groups is 1. The summed E-state index contributed by atoms with van der Waals surface area (Å²) in [4.78, 5) is 12.6. The molecule has 0 aromatic carbocycles. The van der Waals surface area contributed by atoms with Gasteiger partial charge in [0, 0.05) is 5.41 Å². The summed E-state index contributed by atoms with van der Waals surface area (Å²) in [7, 11) is 0. The molecule has 152 valence electrons. The van der Waals surface area contributed by atoms with Gasteiger partial charge < -0.3 is 9.73 Å². The Balaban J connectivity index is 1.43. The Morgan fingerprint density at radius 2 is 1.79 bits per heavy atom. The second kappa shape index (κ2) is 7.05. The van der Waals surface area contributed by atoms with Crippen LogP contribution < -0.4 is 5.32 Å². The highest BCUT2D eigenvalue weighted by Gasteiger charge is 2.54. The van der Waals surface area contributed by atoms with Crippen molar-refractivity contribution in [2.24, 2.45) is 23.7 Å². The van der Waals surface area contributed by atoms with E-state index < -0.39 is 10.8 Å². The zero-order valence-corrected chi connectivity index (χ0v) is 18.0. The van der Waals surface area contributed by atoms with Gasteiger partial charge in [-0.3, -0.25) is 4.79 Å². The molecule has 6 nitrogen and oxygen atoms in total. The predicted octanol–water partition coefficient (Wildman–Crippen LogP) is 4.07. The summed E-state index contributed by atoms with van der Waals surface area (Å²) in [6.45, 7) is 7.42. The van der Waals surface area contributed by atoms with Crippen molar-refractivity contribution in [3.8, 4) is 6.07 Å². The van der Waals surface area contributed by atoms with Crippen LogP contribution in [0.4, 0.5) is 0 Å². The van der Waals surface area contributed by atoms with Crippen molar-refractivity contribution in [2.45, 2.75) is 87.6 Å². The van der Waals surface area contributed by atoms with Gasteiger partial charge in [0.1, 0.15) is 5.54 Å². The molecule has 4 bridgehead atoms. The van der Waals surface area contributed by atoms with Gasteiger partial charge in [-0.25, -0.2) is 0 Å². The third kappa shape index (κ3) is 3.45. The van der Waals surface area contributed by atoms with E-state index in [0.717, 1.165) is 23.6 Å². The minimum Gasteiger partial charge on any atom is -0.415 e. The zero-order chi connectivity index (χ0) is 20.1. The Bertz CT molecular complexity index is 763. The quantitative estimate of drug-likeness (QED) is 0.721. The number of rotatable bonds is 6. The van der Waals surface area contributed by atoms with E-state index in [1.54, 1.807) is 6.92 Å². The third-order valence-corrected chi connectivity index (χ3v) is 8.25. The minimum absolute atomic E-state index is 0.0183. The van der Waals surface area contributed by atoms with Crippen LogP contribution in [0.3, 0.4) is 0 Å². The minimum atomic E-state index is -0.884. The molecule has 4 aliphatic carbocycles. The maximum Gasteiger partial charge on any atom is 0.277 e. The van der Waals surface area contributed by atoms with E-state index in [1.165, 1.54) is 50.3 Å². The topological polar surface area (TPSA) is 91.8 Å². The smallest absolute Gasteiger partial charge is 0.277 e. The lowest BCUT2D eigenvalue weighted by Crippen LogP contribution is -2.51. The maximum absolute atomic E-state index is 12.6. The van der Waals surface area contributed by atoms with Crippen molar-refractivity contribution in [1.29, 1.82) is 5.26 Å². The van der Waals surface area contributed by atoms with Gasteiger partial charge in [-0.05, 0) is 76.0 Å². The fourth-order valence-electron chi connectivity index (χ4n) is 5.71. The summed E-state index contributed by atoms with van der Waals surface area (Å²) >= 11 is 1.28. The number of nitriles is 1. The standard InChI is InChI=1S/C21H30N4O2S/c1-12(2)20(4,11-22)23-17(26)13(3)28-19-25-24-18(27-19)21-8-14-5-15(9-21)7-16(6-14)10-21/h12-16H,5-10H2,1-4H3,(H,23,26)/t13-,14?,15?,16?,20+,21?/m1/s1. The molecular formula is C21H30N4O2S. The molecule has 1 N–H and O–H groups in total. The van der Waals surface area contributed by atoms with Gasteiger partial charge in [0.25, 0.3) is 5.22 Å². The molecule has 0 aliphatic heterocycles. The lowest BCUT2D eigenvalue weighted by atomic mass is 9.49. The van der Waals surface area contributed by atoms with Crippen molar-refractivity contribution in [3.05, 3.63) is 5.89 Å². The lowest BCUT2D eigenvalue weighted by molar-refractivity contribution is -0.121. The Morgan fingerprint density at radius 1 is 1.21 bits per heavy atom. The average Bonchev–Trinajstić information content (AvgIpc) is 3.09. The van der Waals surface area contributed by atoms with E-state index in [-0.39, 0.29) is 17.2 Å². The van der Waals surface area contributed by atoms with Crippen LogP contribution >= 0.6 is 11.8 Å². The van der Waals surface area contributed by atoms with Crippen LogP contribution in [0.1, 0.15) is 72.1 Å². The molecule has 1 heterocycles. The molecule has 7 heteroatoms. The molecule has 1 aromatic heterocycles. The third-order valence-electron chi connectivity index (χ3n) is 7.32. The summed E-state index contributed by atoms with van der Waals surface area (Å²) in [5.74, 6) is 3.07. The Morgan fingerprint density at radius 3 is 2.29 bits per heavy atom. The number of nitrogens with zero attached hydrogens (tertiary/aromatic N) is 3. The van der Waals surface area contributed by atoms with Crippen LogP contribution in [0.25, 0.3) is 0 Å². The highest BCUT2D eigenvalue weighted by atomic mass is 32.2. The number of nitrogens with one attached hydrogen (secondary N) is 1. The first-order valence-corrected chi connectivity index (χ1v) is 11.3. The number of aromatic nitrogens is 2. The summed E-state index contributed by atoms with van der Waals surface area (Å²) < 4.78 is 6.09. The Hall–Kier alpha value is -1.55. The molecule has 0 radical (unpaired) electrons. The number of hydrogen-bond donors (Lipinski definition) is 1. The molecule has 5 rings (SSSR count). The molecule has 0 saturated heterocycles. The van der Waals surface area contributed by atoms with Crippen molar-refractivity contribution < 1.29 is 9.21 Å². The summed E-state index contributed by atoms with van der Waals surface area (Å²) in [5.41, 5.74) is -0.811. The molecule has 0 spiro atoms. The van der Waals surface area contributed by atoms with Gasteiger partial charge >= 0.3 is 0 Å². The van der Waals surface area contributed by atoms with E-state index in [0.29, 0.717) is 5.22 Å². The van der Waals surface area contributed by atoms with Crippen LogP contribution in [-0.4, -0.2) is 26.9 Å². The van der Waals surface area contributed by atoms with Crippen LogP contribution in [0.5, 0.6) is 0 Å². The Kier molecular flexibility index (Phi) is 4.97. The number of carbonyl (C=O) groups excluding carboxylic acids is 1. The molecule has 1 aromatic rings. The molecule has 28 heavy (non-hydrogen) atoms. The van der Waals surface area contributed by atoms with E-state index >= 15 is 0 Å². The summed E-state index contributed by atoms with van der Waals surface area (Å²) in [5, 5.41) is 21.0.